The van der Waals surface area contributed by atoms with E-state index in [0.29, 0.717) is 19.8 Å². The zero-order valence-electron chi connectivity index (χ0n) is 11.2. The molecule has 0 aromatic carbocycles. The average molecular weight is 281 g/mol. The maximum atomic E-state index is 11.9. The number of nitrogens with zero attached hydrogens (tertiary/aromatic N) is 1. The lowest BCUT2D eigenvalue weighted by atomic mass is 10.3. The van der Waals surface area contributed by atoms with Gasteiger partial charge in [0, 0.05) is 20.8 Å². The highest BCUT2D eigenvalue weighted by atomic mass is 35.5. The molecule has 0 aliphatic rings. The van der Waals surface area contributed by atoms with Crippen molar-refractivity contribution >= 4 is 23.5 Å². The van der Waals surface area contributed by atoms with Crippen LogP contribution in [0.1, 0.15) is 13.8 Å². The topological polar surface area (TPSA) is 67.9 Å². The summed E-state index contributed by atoms with van der Waals surface area (Å²) in [6, 6.07) is -0.655. The zero-order chi connectivity index (χ0) is 14.1. The Morgan fingerprint density at radius 3 is 2.33 bits per heavy atom. The number of carbonyl (C=O) groups is 2. The Labute approximate surface area is 113 Å². The smallest absolute Gasteiger partial charge is 0.324 e. The van der Waals surface area contributed by atoms with Crippen molar-refractivity contribution in [1.82, 2.24) is 10.2 Å². The molecule has 0 radical (unpaired) electrons. The summed E-state index contributed by atoms with van der Waals surface area (Å²) < 4.78 is 9.92. The number of rotatable bonds is 7. The van der Waals surface area contributed by atoms with Crippen molar-refractivity contribution in [3.8, 4) is 0 Å². The van der Waals surface area contributed by atoms with Gasteiger partial charge >= 0.3 is 6.03 Å². The van der Waals surface area contributed by atoms with Crippen LogP contribution in [0.4, 0.5) is 4.79 Å². The number of alkyl halides is 1. The highest BCUT2D eigenvalue weighted by Crippen LogP contribution is 2.02. The van der Waals surface area contributed by atoms with Crippen LogP contribution in [-0.4, -0.2) is 62.2 Å². The molecule has 7 heteroatoms. The molecule has 0 aromatic rings. The normalized spacial score (nSPS) is 13.8. The van der Waals surface area contributed by atoms with E-state index >= 15 is 0 Å². The van der Waals surface area contributed by atoms with E-state index in [9.17, 15) is 9.59 Å². The monoisotopic (exact) mass is 280 g/mol. The average Bonchev–Trinajstić information content (AvgIpc) is 2.29. The molecule has 0 saturated carbocycles. The quantitative estimate of drug-likeness (QED) is 0.702. The van der Waals surface area contributed by atoms with Gasteiger partial charge in [0.2, 0.25) is 5.91 Å². The predicted molar refractivity (Wildman–Crippen MR) is 68.8 cm³/mol. The van der Waals surface area contributed by atoms with Gasteiger partial charge in [-0.1, -0.05) is 0 Å². The zero-order valence-corrected chi connectivity index (χ0v) is 12.0. The summed E-state index contributed by atoms with van der Waals surface area (Å²) in [5.41, 5.74) is 0. The second-order valence-electron chi connectivity index (χ2n) is 3.90. The molecule has 2 atom stereocenters. The van der Waals surface area contributed by atoms with Gasteiger partial charge < -0.3 is 14.4 Å². The summed E-state index contributed by atoms with van der Waals surface area (Å²) in [6.45, 7) is 4.46. The van der Waals surface area contributed by atoms with Crippen molar-refractivity contribution in [2.75, 3.05) is 34.0 Å². The van der Waals surface area contributed by atoms with Crippen molar-refractivity contribution in [2.24, 2.45) is 0 Å². The van der Waals surface area contributed by atoms with Crippen LogP contribution in [0.5, 0.6) is 0 Å². The lowest BCUT2D eigenvalue weighted by Crippen LogP contribution is -2.50. The summed E-state index contributed by atoms with van der Waals surface area (Å²) in [7, 11) is 3.10. The number of carbonyl (C=O) groups excluding carboxylic acids is 2. The summed E-state index contributed by atoms with van der Waals surface area (Å²) in [5, 5.41) is 1.48. The molecular formula is C11H21ClN2O4. The van der Waals surface area contributed by atoms with Crippen molar-refractivity contribution in [2.45, 2.75) is 25.3 Å². The van der Waals surface area contributed by atoms with Crippen LogP contribution in [-0.2, 0) is 14.3 Å². The molecule has 0 aliphatic carbocycles. The number of methoxy groups -OCH3 is 2. The van der Waals surface area contributed by atoms with Crippen LogP contribution in [0.25, 0.3) is 0 Å². The minimum atomic E-state index is -0.754. The molecule has 0 rings (SSSR count). The number of nitrogens with one attached hydrogen (secondary N) is 1. The fourth-order valence-electron chi connectivity index (χ4n) is 1.32. The summed E-state index contributed by atoms with van der Waals surface area (Å²) in [6.07, 6.45) is 0. The molecule has 0 saturated heterocycles. The van der Waals surface area contributed by atoms with Gasteiger partial charge in [0.1, 0.15) is 5.38 Å². The second kappa shape index (κ2) is 9.13. The SMILES string of the molecule is COCCN(C(=O)NC(=O)C(C)Cl)C(C)COC. The fraction of sp³-hybridized carbons (Fsp3) is 0.818. The van der Waals surface area contributed by atoms with Gasteiger partial charge in [-0.25, -0.2) is 4.79 Å². The molecule has 2 unspecified atom stereocenters. The fourth-order valence-corrected chi connectivity index (χ4v) is 1.37. The molecule has 6 nitrogen and oxygen atoms in total. The van der Waals surface area contributed by atoms with Gasteiger partial charge in [-0.05, 0) is 13.8 Å². The Morgan fingerprint density at radius 1 is 1.28 bits per heavy atom. The standard InChI is InChI=1S/C11H21ClN2O4/c1-8(7-18-4)14(5-6-17-3)11(16)13-10(15)9(2)12/h8-9H,5-7H2,1-4H3,(H,13,15,16). The maximum Gasteiger partial charge on any atom is 0.324 e. The molecule has 1 N–H and O–H groups in total. The number of urea groups is 1. The van der Waals surface area contributed by atoms with Crippen molar-refractivity contribution in [3.05, 3.63) is 0 Å². The predicted octanol–water partition coefficient (Wildman–Crippen LogP) is 0.833. The number of hydrogen-bond acceptors (Lipinski definition) is 4. The lowest BCUT2D eigenvalue weighted by molar-refractivity contribution is -0.119. The molecule has 0 heterocycles. The molecule has 0 fully saturated rings. The van der Waals surface area contributed by atoms with E-state index in [1.54, 1.807) is 14.2 Å². The third-order valence-corrected chi connectivity index (χ3v) is 2.53. The van der Waals surface area contributed by atoms with Gasteiger partial charge in [-0.2, -0.15) is 0 Å². The molecule has 0 spiro atoms. The second-order valence-corrected chi connectivity index (χ2v) is 4.56. The van der Waals surface area contributed by atoms with E-state index in [1.165, 1.54) is 11.8 Å². The number of halogens is 1. The first-order valence-electron chi connectivity index (χ1n) is 5.67. The van der Waals surface area contributed by atoms with Gasteiger partial charge in [-0.15, -0.1) is 11.6 Å². The van der Waals surface area contributed by atoms with Crippen LogP contribution >= 0.6 is 11.6 Å². The molecule has 3 amide bonds. The molecule has 106 valence electrons. The van der Waals surface area contributed by atoms with Crippen LogP contribution in [0.2, 0.25) is 0 Å². The van der Waals surface area contributed by atoms with Crippen molar-refractivity contribution in [1.29, 1.82) is 0 Å². The number of imide groups is 1. The Morgan fingerprint density at radius 2 is 1.89 bits per heavy atom. The van der Waals surface area contributed by atoms with E-state index in [4.69, 9.17) is 21.1 Å². The number of hydrogen-bond donors (Lipinski definition) is 1. The van der Waals surface area contributed by atoms with Gasteiger partial charge in [0.15, 0.2) is 0 Å². The third-order valence-electron chi connectivity index (χ3n) is 2.33. The van der Waals surface area contributed by atoms with E-state index in [2.05, 4.69) is 5.32 Å². The van der Waals surface area contributed by atoms with Crippen LogP contribution in [0, 0.1) is 0 Å². The van der Waals surface area contributed by atoms with E-state index in [1.807, 2.05) is 6.92 Å². The lowest BCUT2D eigenvalue weighted by Gasteiger charge is -2.28. The Hall–Kier alpha value is -0.850. The van der Waals surface area contributed by atoms with Crippen molar-refractivity contribution in [3.63, 3.8) is 0 Å². The highest BCUT2D eigenvalue weighted by Gasteiger charge is 2.22. The van der Waals surface area contributed by atoms with E-state index < -0.39 is 17.3 Å². The largest absolute Gasteiger partial charge is 0.383 e. The first-order chi connectivity index (χ1) is 8.43. The maximum absolute atomic E-state index is 11.9. The first kappa shape index (κ1) is 17.2. The Balaban J connectivity index is 4.53. The first-order valence-corrected chi connectivity index (χ1v) is 6.11. The highest BCUT2D eigenvalue weighted by molar-refractivity contribution is 6.31. The van der Waals surface area contributed by atoms with Gasteiger partial charge in [0.25, 0.3) is 0 Å². The van der Waals surface area contributed by atoms with Crippen molar-refractivity contribution < 1.29 is 19.1 Å². The molecule has 0 aromatic heterocycles. The summed E-state index contributed by atoms with van der Waals surface area (Å²) in [5.74, 6) is -0.520. The van der Waals surface area contributed by atoms with Crippen LogP contribution in [0.3, 0.4) is 0 Å². The molecule has 0 aliphatic heterocycles. The van der Waals surface area contributed by atoms with E-state index in [0.717, 1.165) is 0 Å². The molecule has 18 heavy (non-hydrogen) atoms. The molecular weight excluding hydrogens is 260 g/mol. The number of ether oxygens (including phenoxy) is 2. The third kappa shape index (κ3) is 6.18. The van der Waals surface area contributed by atoms with Crippen LogP contribution < -0.4 is 5.32 Å². The summed E-state index contributed by atoms with van der Waals surface area (Å²) >= 11 is 5.59. The minimum absolute atomic E-state index is 0.163. The molecule has 0 bridgehead atoms. The Kier molecular flexibility index (Phi) is 8.70. The van der Waals surface area contributed by atoms with E-state index in [-0.39, 0.29) is 6.04 Å². The van der Waals surface area contributed by atoms with Gasteiger partial charge in [0.05, 0.1) is 19.3 Å². The Bertz CT molecular complexity index is 274. The van der Waals surface area contributed by atoms with Gasteiger partial charge in [-0.3, -0.25) is 10.1 Å². The van der Waals surface area contributed by atoms with Crippen LogP contribution in [0.15, 0.2) is 0 Å². The number of amides is 3. The summed E-state index contributed by atoms with van der Waals surface area (Å²) in [4.78, 5) is 24.7. The minimum Gasteiger partial charge on any atom is -0.383 e.